The molecule has 5 heteroatoms. The Morgan fingerprint density at radius 1 is 1.47 bits per heavy atom. The maximum atomic E-state index is 12.4. The van der Waals surface area contributed by atoms with E-state index in [-0.39, 0.29) is 11.5 Å². The molecule has 1 aliphatic rings. The molecule has 1 aromatic rings. The van der Waals surface area contributed by atoms with Gasteiger partial charge in [0.25, 0.3) is 5.91 Å². The van der Waals surface area contributed by atoms with Gasteiger partial charge in [-0.15, -0.1) is 0 Å². The number of rotatable bonds is 2. The third kappa shape index (κ3) is 2.98. The molecule has 0 radical (unpaired) electrons. The zero-order valence-electron chi connectivity index (χ0n) is 11.6. The van der Waals surface area contributed by atoms with Crippen molar-refractivity contribution < 1.29 is 14.3 Å². The van der Waals surface area contributed by atoms with Gasteiger partial charge in [-0.2, -0.15) is 0 Å². The van der Waals surface area contributed by atoms with Crippen LogP contribution in [0.2, 0.25) is 0 Å². The van der Waals surface area contributed by atoms with Gasteiger partial charge in [-0.05, 0) is 32.0 Å². The summed E-state index contributed by atoms with van der Waals surface area (Å²) in [6.07, 6.45) is 0. The SMILES string of the molecule is COc1ccc(C(=O)N2CCOC(C)(C)C2)cc1N. The van der Waals surface area contributed by atoms with Crippen molar-refractivity contribution in [1.82, 2.24) is 4.90 Å². The number of methoxy groups -OCH3 is 1. The molecule has 0 saturated carbocycles. The second-order valence-electron chi connectivity index (χ2n) is 5.29. The van der Waals surface area contributed by atoms with E-state index < -0.39 is 0 Å². The van der Waals surface area contributed by atoms with Gasteiger partial charge in [-0.25, -0.2) is 0 Å². The van der Waals surface area contributed by atoms with E-state index in [4.69, 9.17) is 15.2 Å². The highest BCUT2D eigenvalue weighted by atomic mass is 16.5. The number of nitrogens with two attached hydrogens (primary N) is 1. The Labute approximate surface area is 113 Å². The smallest absolute Gasteiger partial charge is 0.254 e. The second-order valence-corrected chi connectivity index (χ2v) is 5.29. The molecule has 104 valence electrons. The summed E-state index contributed by atoms with van der Waals surface area (Å²) in [6.45, 7) is 5.71. The van der Waals surface area contributed by atoms with Crippen LogP contribution in [0.3, 0.4) is 0 Å². The van der Waals surface area contributed by atoms with Crippen molar-refractivity contribution in [2.24, 2.45) is 0 Å². The maximum absolute atomic E-state index is 12.4. The second kappa shape index (κ2) is 5.09. The van der Waals surface area contributed by atoms with Crippen molar-refractivity contribution in [1.29, 1.82) is 0 Å². The number of benzene rings is 1. The number of amides is 1. The summed E-state index contributed by atoms with van der Waals surface area (Å²) in [6, 6.07) is 5.11. The summed E-state index contributed by atoms with van der Waals surface area (Å²) in [5.41, 5.74) is 6.59. The van der Waals surface area contributed by atoms with Gasteiger partial charge in [0.05, 0.1) is 25.0 Å². The Morgan fingerprint density at radius 3 is 2.79 bits per heavy atom. The van der Waals surface area contributed by atoms with Crippen molar-refractivity contribution >= 4 is 11.6 Å². The summed E-state index contributed by atoms with van der Waals surface area (Å²) >= 11 is 0. The Balaban J connectivity index is 2.17. The summed E-state index contributed by atoms with van der Waals surface area (Å²) < 4.78 is 10.7. The van der Waals surface area contributed by atoms with Crippen LogP contribution in [0, 0.1) is 0 Å². The number of hydrogen-bond donors (Lipinski definition) is 1. The van der Waals surface area contributed by atoms with Crippen LogP contribution >= 0.6 is 0 Å². The first-order chi connectivity index (χ1) is 8.93. The molecule has 0 spiro atoms. The van der Waals surface area contributed by atoms with E-state index >= 15 is 0 Å². The number of morpholine rings is 1. The molecule has 0 aromatic heterocycles. The zero-order chi connectivity index (χ0) is 14.0. The first-order valence-electron chi connectivity index (χ1n) is 6.30. The fraction of sp³-hybridized carbons (Fsp3) is 0.500. The predicted octanol–water partition coefficient (Wildman–Crippen LogP) is 1.53. The molecular formula is C14H20N2O3. The van der Waals surface area contributed by atoms with Crippen LogP contribution in [0.15, 0.2) is 18.2 Å². The summed E-state index contributed by atoms with van der Waals surface area (Å²) in [7, 11) is 1.55. The number of nitrogen functional groups attached to an aromatic ring is 1. The molecule has 19 heavy (non-hydrogen) atoms. The van der Waals surface area contributed by atoms with Crippen LogP contribution in [-0.2, 0) is 4.74 Å². The molecule has 1 aromatic carbocycles. The Morgan fingerprint density at radius 2 is 2.21 bits per heavy atom. The van der Waals surface area contributed by atoms with Crippen molar-refractivity contribution in [3.63, 3.8) is 0 Å². The van der Waals surface area contributed by atoms with Crippen LogP contribution < -0.4 is 10.5 Å². The number of carbonyl (C=O) groups is 1. The van der Waals surface area contributed by atoms with E-state index in [2.05, 4.69) is 0 Å². The fourth-order valence-corrected chi connectivity index (χ4v) is 2.24. The van der Waals surface area contributed by atoms with Gasteiger partial charge in [0.2, 0.25) is 0 Å². The van der Waals surface area contributed by atoms with Gasteiger partial charge < -0.3 is 20.1 Å². The number of ether oxygens (including phenoxy) is 2. The molecule has 0 unspecified atom stereocenters. The lowest BCUT2D eigenvalue weighted by Gasteiger charge is -2.38. The number of nitrogens with zero attached hydrogens (tertiary/aromatic N) is 1. The molecule has 1 fully saturated rings. The molecule has 1 aliphatic heterocycles. The third-order valence-corrected chi connectivity index (χ3v) is 3.19. The average Bonchev–Trinajstić information content (AvgIpc) is 2.36. The van der Waals surface area contributed by atoms with Crippen molar-refractivity contribution in [2.75, 3.05) is 32.5 Å². The van der Waals surface area contributed by atoms with Gasteiger partial charge in [-0.1, -0.05) is 0 Å². The third-order valence-electron chi connectivity index (χ3n) is 3.19. The maximum Gasteiger partial charge on any atom is 0.254 e. The van der Waals surface area contributed by atoms with E-state index in [0.29, 0.717) is 36.7 Å². The van der Waals surface area contributed by atoms with E-state index in [1.54, 1.807) is 30.2 Å². The number of anilines is 1. The molecule has 5 nitrogen and oxygen atoms in total. The van der Waals surface area contributed by atoms with Crippen LogP contribution in [0.25, 0.3) is 0 Å². The van der Waals surface area contributed by atoms with Gasteiger partial charge in [0.1, 0.15) is 5.75 Å². The van der Waals surface area contributed by atoms with E-state index in [1.807, 2.05) is 13.8 Å². The minimum atomic E-state index is -0.300. The standard InChI is InChI=1S/C14H20N2O3/c1-14(2)9-16(6-7-19-14)13(17)10-4-5-12(18-3)11(15)8-10/h4-5,8H,6-7,9,15H2,1-3H3. The van der Waals surface area contributed by atoms with Crippen molar-refractivity contribution in [3.05, 3.63) is 23.8 Å². The highest BCUT2D eigenvalue weighted by Gasteiger charge is 2.30. The molecule has 1 saturated heterocycles. The first-order valence-corrected chi connectivity index (χ1v) is 6.30. The largest absolute Gasteiger partial charge is 0.495 e. The van der Waals surface area contributed by atoms with Crippen LogP contribution in [-0.4, -0.2) is 43.2 Å². The zero-order valence-corrected chi connectivity index (χ0v) is 11.6. The Hall–Kier alpha value is -1.75. The lowest BCUT2D eigenvalue weighted by Crippen LogP contribution is -2.50. The van der Waals surface area contributed by atoms with Crippen molar-refractivity contribution in [2.45, 2.75) is 19.4 Å². The average molecular weight is 264 g/mol. The molecule has 1 heterocycles. The van der Waals surface area contributed by atoms with Crippen molar-refractivity contribution in [3.8, 4) is 5.75 Å². The number of hydrogen-bond acceptors (Lipinski definition) is 4. The monoisotopic (exact) mass is 264 g/mol. The normalized spacial score (nSPS) is 18.2. The molecule has 0 bridgehead atoms. The number of carbonyl (C=O) groups excluding carboxylic acids is 1. The Kier molecular flexibility index (Phi) is 3.66. The lowest BCUT2D eigenvalue weighted by atomic mass is 10.1. The summed E-state index contributed by atoms with van der Waals surface area (Å²) in [5, 5.41) is 0. The fourth-order valence-electron chi connectivity index (χ4n) is 2.24. The van der Waals surface area contributed by atoms with Crippen LogP contribution in [0.1, 0.15) is 24.2 Å². The van der Waals surface area contributed by atoms with E-state index in [0.717, 1.165) is 0 Å². The van der Waals surface area contributed by atoms with Crippen LogP contribution in [0.5, 0.6) is 5.75 Å². The minimum absolute atomic E-state index is 0.0225. The molecule has 0 aliphatic carbocycles. The van der Waals surface area contributed by atoms with Gasteiger partial charge in [0, 0.05) is 18.7 Å². The molecular weight excluding hydrogens is 244 g/mol. The van der Waals surface area contributed by atoms with Gasteiger partial charge in [-0.3, -0.25) is 4.79 Å². The first kappa shape index (κ1) is 13.7. The molecule has 2 N–H and O–H groups in total. The topological polar surface area (TPSA) is 64.8 Å². The molecule has 2 rings (SSSR count). The van der Waals surface area contributed by atoms with Gasteiger partial charge in [0.15, 0.2) is 0 Å². The van der Waals surface area contributed by atoms with Crippen LogP contribution in [0.4, 0.5) is 5.69 Å². The predicted molar refractivity (Wildman–Crippen MR) is 73.3 cm³/mol. The molecule has 1 amide bonds. The quantitative estimate of drug-likeness (QED) is 0.823. The van der Waals surface area contributed by atoms with Gasteiger partial charge >= 0.3 is 0 Å². The Bertz CT molecular complexity index is 486. The highest BCUT2D eigenvalue weighted by Crippen LogP contribution is 2.24. The van der Waals surface area contributed by atoms with E-state index in [9.17, 15) is 4.79 Å². The summed E-state index contributed by atoms with van der Waals surface area (Å²) in [4.78, 5) is 14.2. The van der Waals surface area contributed by atoms with E-state index in [1.165, 1.54) is 0 Å². The highest BCUT2D eigenvalue weighted by molar-refractivity contribution is 5.95. The minimum Gasteiger partial charge on any atom is -0.495 e. The lowest BCUT2D eigenvalue weighted by molar-refractivity contribution is -0.0764. The molecule has 0 atom stereocenters. The summed E-state index contributed by atoms with van der Waals surface area (Å²) in [5.74, 6) is 0.560.